The fourth-order valence-corrected chi connectivity index (χ4v) is 4.55. The minimum Gasteiger partial charge on any atom is -0.320 e. The number of carbonyl (C=O) groups excluding carboxylic acids is 1. The average Bonchev–Trinajstić information content (AvgIpc) is 2.79. The summed E-state index contributed by atoms with van der Waals surface area (Å²) < 4.78 is 28.0. The van der Waals surface area contributed by atoms with Crippen molar-refractivity contribution in [2.45, 2.75) is 11.4 Å². The molecule has 2 N–H and O–H groups in total. The Kier molecular flexibility index (Phi) is 5.94. The van der Waals surface area contributed by atoms with Crippen molar-refractivity contribution >= 4 is 44.1 Å². The third kappa shape index (κ3) is 4.72. The number of amides is 1. The summed E-state index contributed by atoms with van der Waals surface area (Å²) in [7, 11) is -3.95. The van der Waals surface area contributed by atoms with E-state index in [-0.39, 0.29) is 22.0 Å². The van der Waals surface area contributed by atoms with Crippen LogP contribution in [0.15, 0.2) is 84.1 Å². The highest BCUT2D eigenvalue weighted by Crippen LogP contribution is 2.25. The predicted octanol–water partition coefficient (Wildman–Crippen LogP) is 4.01. The number of aromatic nitrogens is 2. The molecule has 156 valence electrons. The smallest absolute Gasteiger partial charge is 0.255 e. The molecule has 0 aliphatic rings. The molecular formula is C22H17ClN4O3S. The van der Waals surface area contributed by atoms with Gasteiger partial charge in [-0.05, 0) is 42.0 Å². The van der Waals surface area contributed by atoms with Gasteiger partial charge >= 0.3 is 0 Å². The van der Waals surface area contributed by atoms with Gasteiger partial charge in [0.25, 0.3) is 5.91 Å². The summed E-state index contributed by atoms with van der Waals surface area (Å²) in [4.78, 5) is 20.9. The van der Waals surface area contributed by atoms with Crippen LogP contribution in [0.1, 0.15) is 15.9 Å². The van der Waals surface area contributed by atoms with Crippen molar-refractivity contribution in [2.24, 2.45) is 0 Å². The van der Waals surface area contributed by atoms with Gasteiger partial charge in [-0.1, -0.05) is 35.9 Å². The lowest BCUT2D eigenvalue weighted by Crippen LogP contribution is -2.24. The van der Waals surface area contributed by atoms with E-state index in [2.05, 4.69) is 20.0 Å². The summed E-state index contributed by atoms with van der Waals surface area (Å²) in [6.07, 6.45) is 4.80. The van der Waals surface area contributed by atoms with E-state index < -0.39 is 15.9 Å². The Hall–Kier alpha value is -3.33. The minimum absolute atomic E-state index is 0.0158. The van der Waals surface area contributed by atoms with Gasteiger partial charge < -0.3 is 5.32 Å². The summed E-state index contributed by atoms with van der Waals surface area (Å²) in [6, 6.07) is 16.7. The second kappa shape index (κ2) is 8.81. The van der Waals surface area contributed by atoms with E-state index in [0.717, 1.165) is 5.39 Å². The average molecular weight is 453 g/mol. The van der Waals surface area contributed by atoms with Crippen molar-refractivity contribution in [3.63, 3.8) is 0 Å². The maximum atomic E-state index is 12.8. The Balaban J connectivity index is 1.58. The summed E-state index contributed by atoms with van der Waals surface area (Å²) in [5, 5.41) is 3.68. The van der Waals surface area contributed by atoms with Gasteiger partial charge in [0.1, 0.15) is 4.90 Å². The first-order valence-electron chi connectivity index (χ1n) is 9.27. The van der Waals surface area contributed by atoms with E-state index in [1.165, 1.54) is 18.2 Å². The summed E-state index contributed by atoms with van der Waals surface area (Å²) >= 11 is 6.13. The van der Waals surface area contributed by atoms with Gasteiger partial charge in [0.15, 0.2) is 0 Å². The molecule has 0 aliphatic heterocycles. The molecule has 31 heavy (non-hydrogen) atoms. The molecule has 7 nitrogen and oxygen atoms in total. The quantitative estimate of drug-likeness (QED) is 0.460. The molecular weight excluding hydrogens is 436 g/mol. The largest absolute Gasteiger partial charge is 0.320 e. The first-order chi connectivity index (χ1) is 14.9. The number of pyridine rings is 2. The maximum Gasteiger partial charge on any atom is 0.255 e. The Bertz CT molecular complexity index is 1360. The molecule has 1 amide bonds. The fraction of sp³-hybridized carbons (Fsp3) is 0.0455. The molecule has 2 aromatic carbocycles. The lowest BCUT2D eigenvalue weighted by Gasteiger charge is -2.11. The Morgan fingerprint density at radius 1 is 1.00 bits per heavy atom. The van der Waals surface area contributed by atoms with E-state index >= 15 is 0 Å². The number of rotatable bonds is 6. The standard InChI is InChI=1S/C22H17ClN4O3S/c23-18-9-8-17(12-20(18)31(29,30)26-14-15-4-2-10-24-13-15)22(28)27-19-7-1-5-16-6-3-11-25-21(16)19/h1-13,26H,14H2,(H,27,28). The van der Waals surface area contributed by atoms with Crippen molar-refractivity contribution in [3.05, 3.63) is 95.4 Å². The summed E-state index contributed by atoms with van der Waals surface area (Å²) in [5.41, 5.74) is 2.01. The third-order valence-electron chi connectivity index (χ3n) is 4.55. The number of carbonyl (C=O) groups is 1. The van der Waals surface area contributed by atoms with Gasteiger partial charge in [0, 0.05) is 36.1 Å². The molecule has 0 atom stereocenters. The van der Waals surface area contributed by atoms with Crippen LogP contribution in [-0.4, -0.2) is 24.3 Å². The van der Waals surface area contributed by atoms with E-state index in [0.29, 0.717) is 16.8 Å². The lowest BCUT2D eigenvalue weighted by molar-refractivity contribution is 0.102. The van der Waals surface area contributed by atoms with E-state index in [4.69, 9.17) is 11.6 Å². The zero-order valence-corrected chi connectivity index (χ0v) is 17.7. The SMILES string of the molecule is O=C(Nc1cccc2cccnc12)c1ccc(Cl)c(S(=O)(=O)NCc2cccnc2)c1. The molecule has 0 fully saturated rings. The molecule has 0 saturated carbocycles. The molecule has 0 aliphatic carbocycles. The van der Waals surface area contributed by atoms with Gasteiger partial charge in [-0.15, -0.1) is 0 Å². The minimum atomic E-state index is -3.95. The maximum absolute atomic E-state index is 12.8. The molecule has 9 heteroatoms. The monoisotopic (exact) mass is 452 g/mol. The van der Waals surface area contributed by atoms with Gasteiger partial charge in [0.2, 0.25) is 10.0 Å². The molecule has 0 saturated heterocycles. The lowest BCUT2D eigenvalue weighted by atomic mass is 10.1. The molecule has 2 heterocycles. The van der Waals surface area contributed by atoms with Crippen molar-refractivity contribution in [1.82, 2.24) is 14.7 Å². The number of sulfonamides is 1. The highest BCUT2D eigenvalue weighted by Gasteiger charge is 2.20. The number of para-hydroxylation sites is 1. The van der Waals surface area contributed by atoms with E-state index in [1.807, 2.05) is 18.2 Å². The van der Waals surface area contributed by atoms with Gasteiger partial charge in [-0.3, -0.25) is 14.8 Å². The van der Waals surface area contributed by atoms with Crippen molar-refractivity contribution in [1.29, 1.82) is 0 Å². The van der Waals surface area contributed by atoms with Crippen LogP contribution >= 0.6 is 11.6 Å². The molecule has 0 unspecified atom stereocenters. The topological polar surface area (TPSA) is 101 Å². The van der Waals surface area contributed by atoms with Crippen molar-refractivity contribution in [2.75, 3.05) is 5.32 Å². The summed E-state index contributed by atoms with van der Waals surface area (Å²) in [6.45, 7) is 0.0462. The van der Waals surface area contributed by atoms with Crippen molar-refractivity contribution in [3.8, 4) is 0 Å². The van der Waals surface area contributed by atoms with E-state index in [9.17, 15) is 13.2 Å². The van der Waals surface area contributed by atoms with Gasteiger partial charge in [0.05, 0.1) is 16.2 Å². The van der Waals surface area contributed by atoms with Crippen LogP contribution in [0.2, 0.25) is 5.02 Å². The first kappa shape index (κ1) is 20.9. The highest BCUT2D eigenvalue weighted by molar-refractivity contribution is 7.89. The molecule has 0 bridgehead atoms. The molecule has 4 rings (SSSR count). The van der Waals surface area contributed by atoms with Crippen LogP contribution in [0.5, 0.6) is 0 Å². The van der Waals surface area contributed by atoms with Crippen LogP contribution in [-0.2, 0) is 16.6 Å². The van der Waals surface area contributed by atoms with Crippen LogP contribution < -0.4 is 10.0 Å². The number of nitrogens with zero attached hydrogens (tertiary/aromatic N) is 2. The van der Waals surface area contributed by atoms with Gasteiger partial charge in [-0.2, -0.15) is 0 Å². The molecule has 4 aromatic rings. The number of anilines is 1. The number of hydrogen-bond donors (Lipinski definition) is 2. The highest BCUT2D eigenvalue weighted by atomic mass is 35.5. The number of halogens is 1. The van der Waals surface area contributed by atoms with Gasteiger partial charge in [-0.25, -0.2) is 13.1 Å². The van der Waals surface area contributed by atoms with Crippen LogP contribution in [0.4, 0.5) is 5.69 Å². The molecule has 0 spiro atoms. The molecule has 0 radical (unpaired) electrons. The van der Waals surface area contributed by atoms with Crippen LogP contribution in [0, 0.1) is 0 Å². The number of benzene rings is 2. The number of nitrogens with one attached hydrogen (secondary N) is 2. The number of fused-ring (bicyclic) bond motifs is 1. The Morgan fingerprint density at radius 2 is 1.81 bits per heavy atom. The first-order valence-corrected chi connectivity index (χ1v) is 11.1. The Labute approximate surface area is 184 Å². The third-order valence-corrected chi connectivity index (χ3v) is 6.44. The predicted molar refractivity (Wildman–Crippen MR) is 119 cm³/mol. The van der Waals surface area contributed by atoms with E-state index in [1.54, 1.807) is 42.9 Å². The second-order valence-corrected chi connectivity index (χ2v) is 8.81. The Morgan fingerprint density at radius 3 is 2.61 bits per heavy atom. The second-order valence-electron chi connectivity index (χ2n) is 6.67. The van der Waals surface area contributed by atoms with Crippen LogP contribution in [0.25, 0.3) is 10.9 Å². The molecule has 2 aromatic heterocycles. The fourth-order valence-electron chi connectivity index (χ4n) is 3.01. The van der Waals surface area contributed by atoms with Crippen LogP contribution in [0.3, 0.4) is 0 Å². The summed E-state index contributed by atoms with van der Waals surface area (Å²) in [5.74, 6) is -0.474. The van der Waals surface area contributed by atoms with Crippen molar-refractivity contribution < 1.29 is 13.2 Å². The zero-order chi connectivity index (χ0) is 21.8. The zero-order valence-electron chi connectivity index (χ0n) is 16.1. The normalized spacial score (nSPS) is 11.4. The number of hydrogen-bond acceptors (Lipinski definition) is 5.